The standard InChI is InChI=1S/C15H19NO3S/c1-2-14(17)16-9-3-4-12(16)10-20-13-7-5-11(6-8-13)15(18)19/h5-8,12H,2-4,9-10H2,1H3,(H,18,19)/t12-/m0/s1. The lowest BCUT2D eigenvalue weighted by atomic mass is 10.2. The SMILES string of the molecule is CCC(=O)N1CCC[C@H]1CSc1ccc(C(=O)O)cc1. The van der Waals surface area contributed by atoms with Gasteiger partial charge in [0.25, 0.3) is 0 Å². The van der Waals surface area contributed by atoms with Gasteiger partial charge in [-0.2, -0.15) is 0 Å². The number of amides is 1. The van der Waals surface area contributed by atoms with E-state index in [9.17, 15) is 9.59 Å². The molecule has 1 heterocycles. The van der Waals surface area contributed by atoms with Crippen LogP contribution in [-0.2, 0) is 4.79 Å². The van der Waals surface area contributed by atoms with E-state index < -0.39 is 5.97 Å². The third-order valence-corrected chi connectivity index (χ3v) is 4.70. The first-order valence-electron chi connectivity index (χ1n) is 6.87. The molecule has 2 rings (SSSR count). The van der Waals surface area contributed by atoms with Crippen LogP contribution in [0.3, 0.4) is 0 Å². The Balaban J connectivity index is 1.91. The fourth-order valence-corrected chi connectivity index (χ4v) is 3.49. The van der Waals surface area contributed by atoms with Crippen molar-refractivity contribution < 1.29 is 14.7 Å². The zero-order chi connectivity index (χ0) is 14.5. The van der Waals surface area contributed by atoms with Crippen LogP contribution >= 0.6 is 11.8 Å². The highest BCUT2D eigenvalue weighted by atomic mass is 32.2. The maximum absolute atomic E-state index is 11.8. The molecule has 1 aliphatic heterocycles. The van der Waals surface area contributed by atoms with Crippen molar-refractivity contribution in [3.8, 4) is 0 Å². The monoisotopic (exact) mass is 293 g/mol. The Hall–Kier alpha value is -1.49. The van der Waals surface area contributed by atoms with Gasteiger partial charge in [0, 0.05) is 29.7 Å². The number of carbonyl (C=O) groups excluding carboxylic acids is 1. The molecule has 20 heavy (non-hydrogen) atoms. The van der Waals surface area contributed by atoms with Gasteiger partial charge in [-0.15, -0.1) is 11.8 Å². The van der Waals surface area contributed by atoms with Crippen LogP contribution in [0.5, 0.6) is 0 Å². The second-order valence-corrected chi connectivity index (χ2v) is 5.97. The molecule has 1 aliphatic rings. The van der Waals surface area contributed by atoms with Crippen molar-refractivity contribution in [3.63, 3.8) is 0 Å². The minimum absolute atomic E-state index is 0.231. The van der Waals surface area contributed by atoms with Gasteiger partial charge in [-0.3, -0.25) is 4.79 Å². The van der Waals surface area contributed by atoms with Crippen molar-refractivity contribution in [1.29, 1.82) is 0 Å². The van der Waals surface area contributed by atoms with Gasteiger partial charge in [0.1, 0.15) is 0 Å². The summed E-state index contributed by atoms with van der Waals surface area (Å²) in [6, 6.07) is 7.21. The molecule has 0 bridgehead atoms. The van der Waals surface area contributed by atoms with Gasteiger partial charge in [0.2, 0.25) is 5.91 Å². The van der Waals surface area contributed by atoms with Gasteiger partial charge in [0.15, 0.2) is 0 Å². The largest absolute Gasteiger partial charge is 0.478 e. The Kier molecular flexibility index (Phi) is 5.06. The highest BCUT2D eigenvalue weighted by Gasteiger charge is 2.27. The van der Waals surface area contributed by atoms with Gasteiger partial charge in [-0.1, -0.05) is 6.92 Å². The summed E-state index contributed by atoms with van der Waals surface area (Å²) in [4.78, 5) is 25.6. The molecule has 0 saturated carbocycles. The molecule has 0 aliphatic carbocycles. The molecule has 4 nitrogen and oxygen atoms in total. The van der Waals surface area contributed by atoms with Gasteiger partial charge in [-0.05, 0) is 37.1 Å². The number of thioether (sulfide) groups is 1. The van der Waals surface area contributed by atoms with Crippen molar-refractivity contribution in [2.75, 3.05) is 12.3 Å². The number of carbonyl (C=O) groups is 2. The van der Waals surface area contributed by atoms with E-state index in [1.54, 1.807) is 23.9 Å². The Morgan fingerprint density at radius 1 is 1.35 bits per heavy atom. The lowest BCUT2D eigenvalue weighted by Crippen LogP contribution is -2.36. The fraction of sp³-hybridized carbons (Fsp3) is 0.467. The molecule has 0 aromatic heterocycles. The van der Waals surface area contributed by atoms with Crippen LogP contribution in [0.15, 0.2) is 29.2 Å². The topological polar surface area (TPSA) is 57.6 Å². The average Bonchev–Trinajstić information content (AvgIpc) is 2.93. The third kappa shape index (κ3) is 3.54. The van der Waals surface area contributed by atoms with Crippen LogP contribution in [0.4, 0.5) is 0 Å². The Morgan fingerprint density at radius 2 is 2.05 bits per heavy atom. The highest BCUT2D eigenvalue weighted by molar-refractivity contribution is 7.99. The zero-order valence-corrected chi connectivity index (χ0v) is 12.4. The summed E-state index contributed by atoms with van der Waals surface area (Å²) in [5.41, 5.74) is 0.304. The highest BCUT2D eigenvalue weighted by Crippen LogP contribution is 2.26. The number of hydrogen-bond donors (Lipinski definition) is 1. The molecule has 0 radical (unpaired) electrons. The van der Waals surface area contributed by atoms with Crippen molar-refractivity contribution in [3.05, 3.63) is 29.8 Å². The van der Waals surface area contributed by atoms with E-state index >= 15 is 0 Å². The molecule has 1 N–H and O–H groups in total. The minimum Gasteiger partial charge on any atom is -0.478 e. The van der Waals surface area contributed by atoms with Crippen LogP contribution in [-0.4, -0.2) is 40.2 Å². The van der Waals surface area contributed by atoms with Crippen LogP contribution in [0.2, 0.25) is 0 Å². The summed E-state index contributed by atoms with van der Waals surface area (Å²) in [7, 11) is 0. The Bertz CT molecular complexity index is 486. The van der Waals surface area contributed by atoms with Crippen LogP contribution in [0.1, 0.15) is 36.5 Å². The van der Waals surface area contributed by atoms with Crippen molar-refractivity contribution in [2.24, 2.45) is 0 Å². The molecule has 1 saturated heterocycles. The molecule has 0 spiro atoms. The maximum atomic E-state index is 11.8. The number of nitrogens with zero attached hydrogens (tertiary/aromatic N) is 1. The quantitative estimate of drug-likeness (QED) is 0.848. The van der Waals surface area contributed by atoms with E-state index in [0.29, 0.717) is 18.0 Å². The first-order chi connectivity index (χ1) is 9.61. The molecular weight excluding hydrogens is 274 g/mol. The molecule has 108 valence electrons. The van der Waals surface area contributed by atoms with E-state index in [-0.39, 0.29) is 5.91 Å². The smallest absolute Gasteiger partial charge is 0.335 e. The molecule has 1 atom stereocenters. The summed E-state index contributed by atoms with van der Waals surface area (Å²) >= 11 is 1.68. The first-order valence-corrected chi connectivity index (χ1v) is 7.86. The van der Waals surface area contributed by atoms with Gasteiger partial charge in [-0.25, -0.2) is 4.79 Å². The molecule has 0 unspecified atom stereocenters. The molecule has 1 amide bonds. The second kappa shape index (κ2) is 6.79. The van der Waals surface area contributed by atoms with Crippen molar-refractivity contribution >= 4 is 23.6 Å². The number of benzene rings is 1. The summed E-state index contributed by atoms with van der Waals surface area (Å²) in [5, 5.41) is 8.85. The number of aromatic carboxylic acids is 1. The molecule has 1 aromatic rings. The van der Waals surface area contributed by atoms with E-state index in [1.165, 1.54) is 0 Å². The van der Waals surface area contributed by atoms with Crippen molar-refractivity contribution in [2.45, 2.75) is 37.1 Å². The number of carboxylic acid groups (broad SMARTS) is 1. The summed E-state index contributed by atoms with van der Waals surface area (Å²) in [6.07, 6.45) is 2.70. The zero-order valence-electron chi connectivity index (χ0n) is 11.5. The first kappa shape index (κ1) is 14.9. The summed E-state index contributed by atoms with van der Waals surface area (Å²) in [5.74, 6) is 0.199. The molecular formula is C15H19NO3S. The predicted molar refractivity (Wildman–Crippen MR) is 79.2 cm³/mol. The summed E-state index contributed by atoms with van der Waals surface area (Å²) in [6.45, 7) is 2.77. The lowest BCUT2D eigenvalue weighted by Gasteiger charge is -2.24. The summed E-state index contributed by atoms with van der Waals surface area (Å²) < 4.78 is 0. The fourth-order valence-electron chi connectivity index (χ4n) is 2.43. The second-order valence-electron chi connectivity index (χ2n) is 4.88. The molecule has 1 aromatic carbocycles. The number of rotatable bonds is 5. The van der Waals surface area contributed by atoms with E-state index in [1.807, 2.05) is 24.0 Å². The molecule has 5 heteroatoms. The van der Waals surface area contributed by atoms with E-state index in [4.69, 9.17) is 5.11 Å². The number of hydrogen-bond acceptors (Lipinski definition) is 3. The van der Waals surface area contributed by atoms with Crippen LogP contribution < -0.4 is 0 Å². The van der Waals surface area contributed by atoms with E-state index in [0.717, 1.165) is 30.0 Å². The van der Waals surface area contributed by atoms with Crippen molar-refractivity contribution in [1.82, 2.24) is 4.90 Å². The van der Waals surface area contributed by atoms with Crippen LogP contribution in [0, 0.1) is 0 Å². The van der Waals surface area contributed by atoms with Crippen LogP contribution in [0.25, 0.3) is 0 Å². The van der Waals surface area contributed by atoms with Gasteiger partial charge >= 0.3 is 5.97 Å². The van der Waals surface area contributed by atoms with Gasteiger partial charge in [0.05, 0.1) is 5.56 Å². The minimum atomic E-state index is -0.905. The maximum Gasteiger partial charge on any atom is 0.335 e. The normalized spacial score (nSPS) is 18.2. The predicted octanol–water partition coefficient (Wildman–Crippen LogP) is 2.88. The average molecular weight is 293 g/mol. The van der Waals surface area contributed by atoms with Gasteiger partial charge < -0.3 is 10.0 Å². The lowest BCUT2D eigenvalue weighted by molar-refractivity contribution is -0.131. The third-order valence-electron chi connectivity index (χ3n) is 3.54. The number of carboxylic acids is 1. The molecule has 1 fully saturated rings. The Morgan fingerprint density at radius 3 is 2.65 bits per heavy atom. The van der Waals surface area contributed by atoms with E-state index in [2.05, 4.69) is 0 Å². The number of likely N-dealkylation sites (tertiary alicyclic amines) is 1. The Labute approximate surface area is 123 Å².